The second-order valence-corrected chi connectivity index (χ2v) is 10.5. The number of benzene rings is 2. The van der Waals surface area contributed by atoms with Crippen LogP contribution < -0.4 is 14.8 Å². The number of sulfone groups is 1. The number of hydrogen-bond acceptors (Lipinski definition) is 7. The van der Waals surface area contributed by atoms with E-state index < -0.39 is 16.1 Å². The van der Waals surface area contributed by atoms with Gasteiger partial charge in [-0.1, -0.05) is 24.3 Å². The Morgan fingerprint density at radius 3 is 2.56 bits per heavy atom. The normalized spacial score (nSPS) is 13.7. The van der Waals surface area contributed by atoms with Crippen molar-refractivity contribution in [3.8, 4) is 22.6 Å². The van der Waals surface area contributed by atoms with Gasteiger partial charge in [0.1, 0.15) is 11.9 Å². The number of methoxy groups -OCH3 is 2. The van der Waals surface area contributed by atoms with Gasteiger partial charge in [-0.3, -0.25) is 5.32 Å². The van der Waals surface area contributed by atoms with Crippen LogP contribution in [0.1, 0.15) is 24.1 Å². The van der Waals surface area contributed by atoms with Crippen molar-refractivity contribution in [1.82, 2.24) is 15.3 Å². The summed E-state index contributed by atoms with van der Waals surface area (Å²) in [5, 5.41) is 14.6. The fourth-order valence-corrected chi connectivity index (χ4v) is 4.62. The first-order chi connectivity index (χ1) is 17.2. The Bertz CT molecular complexity index is 1510. The van der Waals surface area contributed by atoms with Crippen LogP contribution in [0.2, 0.25) is 0 Å². The fourth-order valence-electron chi connectivity index (χ4n) is 3.95. The molecule has 0 amide bonds. The molecule has 188 valence electrons. The minimum Gasteiger partial charge on any atom is -0.493 e. The minimum absolute atomic E-state index is 0.150. The molecule has 4 aromatic rings. The van der Waals surface area contributed by atoms with E-state index in [2.05, 4.69) is 15.3 Å². The standard InChI is InChI=1S/C27H29N3O5S/c1-17(18-8-10-24(34-2)25(14-18)35-3)30-26(31)11-9-20-15-28-27-23(20)13-21(16-29-27)19-6-5-7-22(12-19)36(4,32)33/h5-17,26,30-31H,1-4H3,(H,28,29)/b11-9+/t17-,26?/m1/s1. The van der Waals surface area contributed by atoms with Gasteiger partial charge in [-0.05, 0) is 54.5 Å². The molecule has 0 saturated heterocycles. The lowest BCUT2D eigenvalue weighted by molar-refractivity contribution is 0.171. The summed E-state index contributed by atoms with van der Waals surface area (Å²) in [6, 6.07) is 14.2. The third kappa shape index (κ3) is 5.59. The number of H-pyrrole nitrogens is 1. The number of hydrogen-bond donors (Lipinski definition) is 3. The molecule has 8 nitrogen and oxygen atoms in total. The van der Waals surface area contributed by atoms with E-state index >= 15 is 0 Å². The number of ether oxygens (including phenoxy) is 2. The van der Waals surface area contributed by atoms with Crippen molar-refractivity contribution >= 4 is 26.9 Å². The summed E-state index contributed by atoms with van der Waals surface area (Å²) >= 11 is 0. The SMILES string of the molecule is COc1ccc([C@@H](C)NC(O)/C=C/c2c[nH]c3ncc(-c4cccc(S(C)(=O)=O)c4)cc23)cc1OC. The lowest BCUT2D eigenvalue weighted by atomic mass is 10.1. The topological polar surface area (TPSA) is 114 Å². The molecule has 0 aliphatic rings. The highest BCUT2D eigenvalue weighted by atomic mass is 32.2. The summed E-state index contributed by atoms with van der Waals surface area (Å²) in [4.78, 5) is 7.86. The van der Waals surface area contributed by atoms with Crippen molar-refractivity contribution in [2.45, 2.75) is 24.1 Å². The molecule has 2 heterocycles. The van der Waals surface area contributed by atoms with E-state index in [0.717, 1.165) is 27.6 Å². The number of aromatic nitrogens is 2. The number of nitrogens with one attached hydrogen (secondary N) is 2. The van der Waals surface area contributed by atoms with Crippen LogP contribution in [0, 0.1) is 0 Å². The van der Waals surface area contributed by atoms with Crippen molar-refractivity contribution in [1.29, 1.82) is 0 Å². The van der Waals surface area contributed by atoms with Gasteiger partial charge >= 0.3 is 0 Å². The predicted octanol–water partition coefficient (Wildman–Crippen LogP) is 4.33. The maximum atomic E-state index is 11.9. The maximum absolute atomic E-state index is 11.9. The van der Waals surface area contributed by atoms with Crippen LogP contribution in [0.4, 0.5) is 0 Å². The summed E-state index contributed by atoms with van der Waals surface area (Å²) in [7, 11) is -0.143. The lowest BCUT2D eigenvalue weighted by Gasteiger charge is -2.18. The van der Waals surface area contributed by atoms with Gasteiger partial charge in [-0.15, -0.1) is 0 Å². The van der Waals surface area contributed by atoms with Crippen molar-refractivity contribution in [3.63, 3.8) is 0 Å². The Kier molecular flexibility index (Phi) is 7.44. The second-order valence-electron chi connectivity index (χ2n) is 8.47. The Morgan fingerprint density at radius 1 is 1.06 bits per heavy atom. The molecule has 3 N–H and O–H groups in total. The highest BCUT2D eigenvalue weighted by molar-refractivity contribution is 7.90. The zero-order valence-electron chi connectivity index (χ0n) is 20.5. The average molecular weight is 508 g/mol. The van der Waals surface area contributed by atoms with Crippen molar-refractivity contribution in [2.75, 3.05) is 20.5 Å². The molecule has 36 heavy (non-hydrogen) atoms. The number of aliphatic hydroxyl groups excluding tert-OH is 1. The monoisotopic (exact) mass is 507 g/mol. The molecule has 4 rings (SSSR count). The summed E-state index contributed by atoms with van der Waals surface area (Å²) in [5.41, 5.74) is 4.03. The third-order valence-electron chi connectivity index (χ3n) is 5.95. The number of rotatable bonds is 9. The Balaban J connectivity index is 1.53. The minimum atomic E-state index is -3.31. The van der Waals surface area contributed by atoms with Gasteiger partial charge in [-0.2, -0.15) is 0 Å². The molecule has 0 aliphatic heterocycles. The summed E-state index contributed by atoms with van der Waals surface area (Å²) in [5.74, 6) is 1.27. The van der Waals surface area contributed by atoms with Gasteiger partial charge in [0, 0.05) is 41.2 Å². The van der Waals surface area contributed by atoms with Gasteiger partial charge in [0.2, 0.25) is 0 Å². The fraction of sp³-hybridized carbons (Fsp3) is 0.222. The van der Waals surface area contributed by atoms with Crippen LogP contribution in [0.3, 0.4) is 0 Å². The van der Waals surface area contributed by atoms with Crippen molar-refractivity contribution < 1.29 is 23.0 Å². The van der Waals surface area contributed by atoms with E-state index in [1.807, 2.05) is 49.5 Å². The zero-order chi connectivity index (χ0) is 25.9. The number of aliphatic hydroxyl groups is 1. The lowest BCUT2D eigenvalue weighted by Crippen LogP contribution is -2.29. The van der Waals surface area contributed by atoms with E-state index in [-0.39, 0.29) is 10.9 Å². The molecule has 0 aliphatic carbocycles. The number of nitrogens with zero attached hydrogens (tertiary/aromatic N) is 1. The first kappa shape index (κ1) is 25.4. The van der Waals surface area contributed by atoms with E-state index in [1.165, 1.54) is 6.26 Å². The molecule has 2 atom stereocenters. The van der Waals surface area contributed by atoms with E-state index in [0.29, 0.717) is 17.1 Å². The molecule has 2 aromatic carbocycles. The second kappa shape index (κ2) is 10.5. The Hall–Kier alpha value is -3.66. The average Bonchev–Trinajstić information content (AvgIpc) is 3.28. The largest absolute Gasteiger partial charge is 0.493 e. The van der Waals surface area contributed by atoms with Crippen LogP contribution in [-0.4, -0.2) is 50.2 Å². The van der Waals surface area contributed by atoms with Crippen LogP contribution >= 0.6 is 0 Å². The van der Waals surface area contributed by atoms with E-state index in [4.69, 9.17) is 9.47 Å². The molecule has 0 radical (unpaired) electrons. The van der Waals surface area contributed by atoms with Gasteiger partial charge < -0.3 is 19.6 Å². The van der Waals surface area contributed by atoms with Crippen molar-refractivity contribution in [3.05, 3.63) is 78.1 Å². The number of fused-ring (bicyclic) bond motifs is 1. The molecule has 0 bridgehead atoms. The first-order valence-corrected chi connectivity index (χ1v) is 13.2. The van der Waals surface area contributed by atoms with Gasteiger partial charge in [-0.25, -0.2) is 13.4 Å². The molecule has 0 fully saturated rings. The van der Waals surface area contributed by atoms with Crippen LogP contribution in [0.15, 0.2) is 71.9 Å². The molecular formula is C27H29N3O5S. The van der Waals surface area contributed by atoms with Gasteiger partial charge in [0.25, 0.3) is 0 Å². The molecule has 1 unspecified atom stereocenters. The smallest absolute Gasteiger partial charge is 0.175 e. The van der Waals surface area contributed by atoms with Gasteiger partial charge in [0.05, 0.1) is 19.1 Å². The Morgan fingerprint density at radius 2 is 1.83 bits per heavy atom. The summed E-state index contributed by atoms with van der Waals surface area (Å²) in [6.45, 7) is 1.95. The molecule has 0 saturated carbocycles. The van der Waals surface area contributed by atoms with Gasteiger partial charge in [0.15, 0.2) is 21.3 Å². The van der Waals surface area contributed by atoms with E-state index in [1.54, 1.807) is 44.7 Å². The quantitative estimate of drug-likeness (QED) is 0.289. The highest BCUT2D eigenvalue weighted by Gasteiger charge is 2.13. The Labute approximate surface area is 210 Å². The summed E-state index contributed by atoms with van der Waals surface area (Å²) < 4.78 is 34.5. The molecule has 2 aromatic heterocycles. The van der Waals surface area contributed by atoms with Crippen LogP contribution in [0.5, 0.6) is 11.5 Å². The molecular weight excluding hydrogens is 478 g/mol. The van der Waals surface area contributed by atoms with Crippen LogP contribution in [0.25, 0.3) is 28.2 Å². The maximum Gasteiger partial charge on any atom is 0.175 e. The summed E-state index contributed by atoms with van der Waals surface area (Å²) in [6.07, 6.45) is 7.28. The highest BCUT2D eigenvalue weighted by Crippen LogP contribution is 2.30. The zero-order valence-corrected chi connectivity index (χ0v) is 21.3. The third-order valence-corrected chi connectivity index (χ3v) is 7.06. The number of pyridine rings is 1. The van der Waals surface area contributed by atoms with E-state index in [9.17, 15) is 13.5 Å². The molecule has 0 spiro atoms. The predicted molar refractivity (Wildman–Crippen MR) is 141 cm³/mol. The van der Waals surface area contributed by atoms with Crippen LogP contribution in [-0.2, 0) is 9.84 Å². The first-order valence-electron chi connectivity index (χ1n) is 11.3. The van der Waals surface area contributed by atoms with Crippen molar-refractivity contribution in [2.24, 2.45) is 0 Å². The number of aromatic amines is 1. The molecule has 9 heteroatoms.